The van der Waals surface area contributed by atoms with Crippen molar-refractivity contribution in [2.45, 2.75) is 36.6 Å². The minimum absolute atomic E-state index is 0.0190. The lowest BCUT2D eigenvalue weighted by atomic mass is 10.2. The number of aromatic nitrogens is 3. The number of halogens is 1. The van der Waals surface area contributed by atoms with Crippen molar-refractivity contribution in [2.75, 3.05) is 13.1 Å². The van der Waals surface area contributed by atoms with Crippen molar-refractivity contribution >= 4 is 10.0 Å². The van der Waals surface area contributed by atoms with Crippen molar-refractivity contribution in [3.63, 3.8) is 0 Å². The molecule has 0 amide bonds. The summed E-state index contributed by atoms with van der Waals surface area (Å²) in [6.07, 6.45) is 4.25. The van der Waals surface area contributed by atoms with Crippen molar-refractivity contribution in [1.29, 1.82) is 0 Å². The predicted molar refractivity (Wildman–Crippen MR) is 80.9 cm³/mol. The van der Waals surface area contributed by atoms with E-state index < -0.39 is 15.8 Å². The fraction of sp³-hybridized carbons (Fsp3) is 0.467. The molecule has 8 heteroatoms. The van der Waals surface area contributed by atoms with Crippen LogP contribution in [0.15, 0.2) is 29.3 Å². The van der Waals surface area contributed by atoms with Gasteiger partial charge in [0.25, 0.3) is 0 Å². The molecular formula is C15H17FN4O2S. The molecule has 1 aliphatic carbocycles. The lowest BCUT2D eigenvalue weighted by Gasteiger charge is -2.37. The van der Waals surface area contributed by atoms with Gasteiger partial charge in [-0.25, -0.2) is 17.5 Å². The van der Waals surface area contributed by atoms with Crippen LogP contribution in [0.5, 0.6) is 0 Å². The molecule has 0 bridgehead atoms. The zero-order valence-electron chi connectivity index (χ0n) is 12.7. The van der Waals surface area contributed by atoms with Gasteiger partial charge in [-0.15, -0.1) is 5.10 Å². The van der Waals surface area contributed by atoms with Crippen molar-refractivity contribution in [2.24, 2.45) is 0 Å². The predicted octanol–water partition coefficient (Wildman–Crippen LogP) is 1.85. The van der Waals surface area contributed by atoms with Crippen molar-refractivity contribution < 1.29 is 12.8 Å². The Hall–Kier alpha value is -1.80. The second kappa shape index (κ2) is 5.10. The van der Waals surface area contributed by atoms with Gasteiger partial charge in [0, 0.05) is 25.2 Å². The van der Waals surface area contributed by atoms with Crippen LogP contribution in [0.2, 0.25) is 0 Å². The third kappa shape index (κ3) is 2.55. The van der Waals surface area contributed by atoms with Crippen molar-refractivity contribution in [3.05, 3.63) is 41.5 Å². The smallest absolute Gasteiger partial charge is 0.243 e. The van der Waals surface area contributed by atoms with Crippen LogP contribution >= 0.6 is 0 Å². The minimum atomic E-state index is -3.58. The Morgan fingerprint density at radius 3 is 2.65 bits per heavy atom. The molecule has 1 saturated carbocycles. The van der Waals surface area contributed by atoms with Gasteiger partial charge >= 0.3 is 0 Å². The highest BCUT2D eigenvalue weighted by molar-refractivity contribution is 7.89. The molecule has 23 heavy (non-hydrogen) atoms. The van der Waals surface area contributed by atoms with Gasteiger partial charge in [-0.1, -0.05) is 5.21 Å². The van der Waals surface area contributed by atoms with Crippen LogP contribution in [-0.4, -0.2) is 40.8 Å². The number of benzene rings is 1. The molecular weight excluding hydrogens is 319 g/mol. The zero-order chi connectivity index (χ0) is 16.2. The maximum absolute atomic E-state index is 13.2. The van der Waals surface area contributed by atoms with E-state index >= 15 is 0 Å². The average molecular weight is 336 g/mol. The fourth-order valence-corrected chi connectivity index (χ4v) is 4.58. The number of rotatable bonds is 4. The summed E-state index contributed by atoms with van der Waals surface area (Å²) in [6.45, 7) is 2.34. The Morgan fingerprint density at radius 2 is 2.00 bits per heavy atom. The summed E-state index contributed by atoms with van der Waals surface area (Å²) in [6, 6.07) is 3.76. The summed E-state index contributed by atoms with van der Waals surface area (Å²) in [5.74, 6) is 0.101. The van der Waals surface area contributed by atoms with Gasteiger partial charge in [0.2, 0.25) is 10.0 Å². The van der Waals surface area contributed by atoms with E-state index in [0.29, 0.717) is 24.6 Å². The third-order valence-corrected chi connectivity index (χ3v) is 6.47. The van der Waals surface area contributed by atoms with Crippen LogP contribution in [0.3, 0.4) is 0 Å². The van der Waals surface area contributed by atoms with E-state index in [2.05, 4.69) is 10.3 Å². The topological polar surface area (TPSA) is 68.1 Å². The first-order valence-electron chi connectivity index (χ1n) is 7.63. The van der Waals surface area contributed by atoms with Gasteiger partial charge in [0.05, 0.1) is 16.6 Å². The molecule has 2 aliphatic rings. The van der Waals surface area contributed by atoms with Crippen LogP contribution in [0.1, 0.15) is 36.1 Å². The molecule has 0 radical (unpaired) electrons. The summed E-state index contributed by atoms with van der Waals surface area (Å²) in [7, 11) is -3.58. The number of nitrogens with zero attached hydrogens (tertiary/aromatic N) is 4. The Balaban J connectivity index is 1.49. The summed E-state index contributed by atoms with van der Waals surface area (Å²) in [5, 5.41) is 8.27. The highest BCUT2D eigenvalue weighted by atomic mass is 32.2. The monoisotopic (exact) mass is 336 g/mol. The van der Waals surface area contributed by atoms with E-state index in [4.69, 9.17) is 0 Å². The number of sulfonamides is 1. The molecule has 1 aromatic carbocycles. The summed E-state index contributed by atoms with van der Waals surface area (Å²) in [4.78, 5) is 0.162. The lowest BCUT2D eigenvalue weighted by Crippen LogP contribution is -2.50. The number of hydrogen-bond donors (Lipinski definition) is 0. The van der Waals surface area contributed by atoms with E-state index in [1.807, 2.05) is 6.20 Å². The second-order valence-electron chi connectivity index (χ2n) is 6.28. The van der Waals surface area contributed by atoms with E-state index in [0.717, 1.165) is 18.5 Å². The molecule has 1 aromatic heterocycles. The molecule has 0 spiro atoms. The van der Waals surface area contributed by atoms with Crippen LogP contribution in [0.25, 0.3) is 0 Å². The zero-order valence-corrected chi connectivity index (χ0v) is 13.5. The largest absolute Gasteiger partial charge is 0.247 e. The van der Waals surface area contributed by atoms with Crippen LogP contribution in [0.4, 0.5) is 4.39 Å². The molecule has 2 fully saturated rings. The molecule has 122 valence electrons. The number of hydrogen-bond acceptors (Lipinski definition) is 4. The van der Waals surface area contributed by atoms with E-state index in [1.165, 1.54) is 22.5 Å². The minimum Gasteiger partial charge on any atom is -0.247 e. The SMILES string of the molecule is Cc1cc(F)ccc1S(=O)(=O)N1CC(n2cc(C3CC3)nn2)C1. The summed E-state index contributed by atoms with van der Waals surface area (Å²) >= 11 is 0. The van der Waals surface area contributed by atoms with Crippen molar-refractivity contribution in [3.8, 4) is 0 Å². The second-order valence-corrected chi connectivity index (χ2v) is 8.19. The molecule has 2 aromatic rings. The lowest BCUT2D eigenvalue weighted by molar-refractivity contribution is 0.188. The molecule has 0 atom stereocenters. The van der Waals surface area contributed by atoms with Gasteiger partial charge in [-0.3, -0.25) is 0 Å². The quantitative estimate of drug-likeness (QED) is 0.854. The molecule has 2 heterocycles. The molecule has 6 nitrogen and oxygen atoms in total. The Morgan fingerprint density at radius 1 is 1.26 bits per heavy atom. The Bertz CT molecular complexity index is 854. The first kappa shape index (κ1) is 14.8. The van der Waals surface area contributed by atoms with Crippen molar-refractivity contribution in [1.82, 2.24) is 19.3 Å². The van der Waals surface area contributed by atoms with E-state index in [1.54, 1.807) is 11.6 Å². The average Bonchev–Trinajstić information content (AvgIpc) is 3.16. The van der Waals surface area contributed by atoms with Gasteiger partial charge in [0.1, 0.15) is 5.82 Å². The normalized spacial score (nSPS) is 19.7. The summed E-state index contributed by atoms with van der Waals surface area (Å²) < 4.78 is 41.5. The Labute approximate surface area is 134 Å². The maximum atomic E-state index is 13.2. The molecule has 0 N–H and O–H groups in total. The van der Waals surface area contributed by atoms with Crippen LogP contribution in [-0.2, 0) is 10.0 Å². The maximum Gasteiger partial charge on any atom is 0.243 e. The van der Waals surface area contributed by atoms with Crippen LogP contribution < -0.4 is 0 Å². The Kier molecular flexibility index (Phi) is 3.28. The highest BCUT2D eigenvalue weighted by Crippen LogP contribution is 2.39. The first-order chi connectivity index (χ1) is 10.9. The van der Waals surface area contributed by atoms with Gasteiger partial charge in [0.15, 0.2) is 0 Å². The molecule has 1 saturated heterocycles. The van der Waals surface area contributed by atoms with Gasteiger partial charge in [-0.2, -0.15) is 4.31 Å². The summed E-state index contributed by atoms with van der Waals surface area (Å²) in [5.41, 5.74) is 1.42. The van der Waals surface area contributed by atoms with E-state index in [-0.39, 0.29) is 10.9 Å². The standard InChI is InChI=1S/C15H17FN4O2S/c1-10-6-12(16)4-5-15(10)23(21,22)19-7-13(8-19)20-9-14(17-18-20)11-2-3-11/h4-6,9,11,13H,2-3,7-8H2,1H3. The molecule has 0 unspecified atom stereocenters. The highest BCUT2D eigenvalue weighted by Gasteiger charge is 2.39. The fourth-order valence-electron chi connectivity index (χ4n) is 2.86. The van der Waals surface area contributed by atoms with E-state index in [9.17, 15) is 12.8 Å². The first-order valence-corrected chi connectivity index (χ1v) is 9.07. The third-order valence-electron chi connectivity index (χ3n) is 4.48. The van der Waals surface area contributed by atoms with Gasteiger partial charge in [-0.05, 0) is 43.5 Å². The van der Waals surface area contributed by atoms with Crippen LogP contribution in [0, 0.1) is 12.7 Å². The molecule has 4 rings (SSSR count). The van der Waals surface area contributed by atoms with Gasteiger partial charge < -0.3 is 0 Å². The molecule has 1 aliphatic heterocycles. The number of aryl methyl sites for hydroxylation is 1.